The molecule has 0 saturated heterocycles. The van der Waals surface area contributed by atoms with Crippen LogP contribution in [0.3, 0.4) is 0 Å². The predicted octanol–water partition coefficient (Wildman–Crippen LogP) is 15.8. The molecule has 7 nitrogen and oxygen atoms in total. The molecule has 1 aliphatic heterocycles. The molecule has 0 radical (unpaired) electrons. The van der Waals surface area contributed by atoms with E-state index in [9.17, 15) is 5.26 Å². The van der Waals surface area contributed by atoms with Gasteiger partial charge < -0.3 is 18.4 Å². The Labute approximate surface area is 418 Å². The number of ether oxygens (including phenoxy) is 1. The number of hydrogen-bond acceptors (Lipinski definition) is 4. The second-order valence-electron chi connectivity index (χ2n) is 19.2. The molecule has 0 saturated carbocycles. The maximum atomic E-state index is 10.2. The molecule has 6 heterocycles. The SMILES string of the molecule is N#Cc1ccc2c(c1)c1cc(-c3ccc4c(c3)C3(c5cc(-n6c7ccccc7c7ccccc76)ccc5O4)c4cccnc4-c4ncccc43)ccc1n2-c1ccc(-n2c3ccccc3c3ccccc32)cc1. The van der Waals surface area contributed by atoms with Crippen LogP contribution in [0, 0.1) is 11.3 Å². The third-order valence-electron chi connectivity index (χ3n) is 15.6. The van der Waals surface area contributed by atoms with Crippen molar-refractivity contribution in [2.75, 3.05) is 0 Å². The molecule has 0 bridgehead atoms. The van der Waals surface area contributed by atoms with Crippen molar-refractivity contribution >= 4 is 65.4 Å². The molecule has 73 heavy (non-hydrogen) atoms. The summed E-state index contributed by atoms with van der Waals surface area (Å²) in [6, 6.07) is 80.2. The molecule has 0 unspecified atom stereocenters. The summed E-state index contributed by atoms with van der Waals surface area (Å²) in [5.74, 6) is 1.58. The summed E-state index contributed by atoms with van der Waals surface area (Å²) < 4.78 is 14.1. The molecule has 5 aromatic heterocycles. The van der Waals surface area contributed by atoms with E-state index in [2.05, 4.69) is 214 Å². The first-order valence-electron chi connectivity index (χ1n) is 24.6. The Morgan fingerprint density at radius 1 is 0.356 bits per heavy atom. The van der Waals surface area contributed by atoms with Crippen molar-refractivity contribution in [3.8, 4) is 57.1 Å². The minimum absolute atomic E-state index is 0.617. The van der Waals surface area contributed by atoms with Crippen LogP contribution in [0.4, 0.5) is 0 Å². The summed E-state index contributed by atoms with van der Waals surface area (Å²) in [6.45, 7) is 0. The van der Waals surface area contributed by atoms with Crippen LogP contribution in [0.2, 0.25) is 0 Å². The van der Waals surface area contributed by atoms with E-state index < -0.39 is 5.41 Å². The highest BCUT2D eigenvalue weighted by molar-refractivity contribution is 6.12. The molecule has 14 aromatic rings. The van der Waals surface area contributed by atoms with Crippen molar-refractivity contribution in [2.45, 2.75) is 5.41 Å². The van der Waals surface area contributed by atoms with Crippen molar-refractivity contribution < 1.29 is 4.74 Å². The van der Waals surface area contributed by atoms with Gasteiger partial charge in [-0.2, -0.15) is 5.26 Å². The molecule has 0 amide bonds. The van der Waals surface area contributed by atoms with Crippen LogP contribution in [-0.4, -0.2) is 23.7 Å². The van der Waals surface area contributed by atoms with E-state index in [-0.39, 0.29) is 0 Å². The zero-order chi connectivity index (χ0) is 47.9. The van der Waals surface area contributed by atoms with Gasteiger partial charge in [0.2, 0.25) is 0 Å². The molecule has 16 rings (SSSR count). The van der Waals surface area contributed by atoms with Crippen LogP contribution in [0.5, 0.6) is 11.5 Å². The Balaban J connectivity index is 0.883. The Kier molecular flexibility index (Phi) is 8.04. The summed E-state index contributed by atoms with van der Waals surface area (Å²) in [5, 5.41) is 17.2. The molecule has 0 N–H and O–H groups in total. The lowest BCUT2D eigenvalue weighted by Crippen LogP contribution is -2.32. The zero-order valence-corrected chi connectivity index (χ0v) is 39.0. The monoisotopic (exact) mass is 930 g/mol. The second-order valence-corrected chi connectivity index (χ2v) is 19.2. The normalized spacial score (nSPS) is 13.1. The average Bonchev–Trinajstić information content (AvgIpc) is 4.22. The maximum Gasteiger partial charge on any atom is 0.132 e. The number of rotatable bonds is 4. The van der Waals surface area contributed by atoms with E-state index in [1.165, 1.54) is 32.6 Å². The van der Waals surface area contributed by atoms with Crippen molar-refractivity contribution in [2.24, 2.45) is 0 Å². The molecule has 2 aliphatic rings. The van der Waals surface area contributed by atoms with Gasteiger partial charge in [0, 0.05) is 72.9 Å². The van der Waals surface area contributed by atoms with Gasteiger partial charge in [-0.3, -0.25) is 9.97 Å². The number of nitrogens with zero attached hydrogens (tertiary/aromatic N) is 6. The molecule has 1 aliphatic carbocycles. The van der Waals surface area contributed by atoms with Crippen LogP contribution < -0.4 is 4.74 Å². The Bertz CT molecular complexity index is 4590. The van der Waals surface area contributed by atoms with Gasteiger partial charge in [-0.1, -0.05) is 97.1 Å². The third-order valence-corrected chi connectivity index (χ3v) is 15.6. The largest absolute Gasteiger partial charge is 0.457 e. The van der Waals surface area contributed by atoms with E-state index >= 15 is 0 Å². The van der Waals surface area contributed by atoms with E-state index in [1.54, 1.807) is 0 Å². The minimum atomic E-state index is -0.811. The summed E-state index contributed by atoms with van der Waals surface area (Å²) in [6.07, 6.45) is 3.73. The van der Waals surface area contributed by atoms with Crippen molar-refractivity contribution in [3.05, 3.63) is 259 Å². The van der Waals surface area contributed by atoms with Crippen LogP contribution in [-0.2, 0) is 5.41 Å². The second kappa shape index (κ2) is 14.8. The summed E-state index contributed by atoms with van der Waals surface area (Å²) in [4.78, 5) is 10.1. The third kappa shape index (κ3) is 5.36. The summed E-state index contributed by atoms with van der Waals surface area (Å²) in [7, 11) is 0. The fraction of sp³-hybridized carbons (Fsp3) is 0.0152. The molecule has 0 fully saturated rings. The Hall–Kier alpha value is -10.0. The number of para-hydroxylation sites is 4. The van der Waals surface area contributed by atoms with Gasteiger partial charge in [0.15, 0.2) is 0 Å². The topological polar surface area (TPSA) is 73.6 Å². The highest BCUT2D eigenvalue weighted by Crippen LogP contribution is 2.62. The van der Waals surface area contributed by atoms with Gasteiger partial charge in [0.25, 0.3) is 0 Å². The number of pyridine rings is 2. The Morgan fingerprint density at radius 2 is 0.781 bits per heavy atom. The first-order valence-corrected chi connectivity index (χ1v) is 24.6. The number of fused-ring (bicyclic) bond motifs is 18. The average molecular weight is 931 g/mol. The van der Waals surface area contributed by atoms with Gasteiger partial charge in [0.05, 0.1) is 61.5 Å². The van der Waals surface area contributed by atoms with Gasteiger partial charge in [-0.15, -0.1) is 0 Å². The Morgan fingerprint density at radius 3 is 1.33 bits per heavy atom. The predicted molar refractivity (Wildman–Crippen MR) is 293 cm³/mol. The summed E-state index contributed by atoms with van der Waals surface area (Å²) >= 11 is 0. The van der Waals surface area contributed by atoms with Crippen LogP contribution >= 0.6 is 0 Å². The maximum absolute atomic E-state index is 10.2. The first kappa shape index (κ1) is 39.8. The first-order chi connectivity index (χ1) is 36.2. The van der Waals surface area contributed by atoms with Crippen molar-refractivity contribution in [1.82, 2.24) is 23.7 Å². The van der Waals surface area contributed by atoms with Crippen molar-refractivity contribution in [3.63, 3.8) is 0 Å². The van der Waals surface area contributed by atoms with Crippen LogP contribution in [0.15, 0.2) is 231 Å². The van der Waals surface area contributed by atoms with E-state index in [0.717, 1.165) is 106 Å². The van der Waals surface area contributed by atoms with Crippen LogP contribution in [0.25, 0.3) is 105 Å². The minimum Gasteiger partial charge on any atom is -0.457 e. The molecular weight excluding hydrogens is 893 g/mol. The van der Waals surface area contributed by atoms with Crippen molar-refractivity contribution in [1.29, 1.82) is 5.26 Å². The van der Waals surface area contributed by atoms with E-state index in [4.69, 9.17) is 14.7 Å². The molecule has 7 heteroatoms. The van der Waals surface area contributed by atoms with Gasteiger partial charge in [-0.05, 0) is 144 Å². The molecular formula is C66H38N6O. The number of nitriles is 1. The fourth-order valence-corrected chi connectivity index (χ4v) is 12.6. The lowest BCUT2D eigenvalue weighted by Gasteiger charge is -2.39. The van der Waals surface area contributed by atoms with E-state index in [0.29, 0.717) is 5.56 Å². The van der Waals surface area contributed by atoms with Gasteiger partial charge in [-0.25, -0.2) is 0 Å². The molecule has 338 valence electrons. The highest BCUT2D eigenvalue weighted by Gasteiger charge is 2.52. The number of aromatic nitrogens is 5. The molecule has 9 aromatic carbocycles. The standard InChI is InChI=1S/C66H38N6O/c67-39-40-21-29-60-50(35-40)51-36-41(22-30-61(51)71(60)44-26-24-43(25-27-44)70-56-17-5-1-11-46(56)47-12-2-6-18-57(47)70)42-23-31-62-54(37-42)66(52-15-9-33-68-64(52)65-53(66)16-10-34-69-65)55-38-45(28-32-63(55)73-62)72-58-19-7-3-13-48(58)49-14-4-8-20-59(49)72/h1-38H. The lowest BCUT2D eigenvalue weighted by molar-refractivity contribution is 0.436. The number of hydrogen-bond donors (Lipinski definition) is 0. The van der Waals surface area contributed by atoms with E-state index in [1.807, 2.05) is 36.7 Å². The van der Waals surface area contributed by atoms with Gasteiger partial charge >= 0.3 is 0 Å². The zero-order valence-electron chi connectivity index (χ0n) is 39.0. The smallest absolute Gasteiger partial charge is 0.132 e. The fourth-order valence-electron chi connectivity index (χ4n) is 12.6. The molecule has 0 atom stereocenters. The quantitative estimate of drug-likeness (QED) is 0.176. The summed E-state index contributed by atoms with van der Waals surface area (Å²) in [5.41, 5.74) is 17.7. The van der Waals surface area contributed by atoms with Gasteiger partial charge in [0.1, 0.15) is 11.5 Å². The molecule has 1 spiro atoms. The van der Waals surface area contributed by atoms with Crippen LogP contribution in [0.1, 0.15) is 27.8 Å². The number of benzene rings is 9. The highest BCUT2D eigenvalue weighted by atomic mass is 16.5. The lowest BCUT2D eigenvalue weighted by atomic mass is 9.66.